The van der Waals surface area contributed by atoms with Gasteiger partial charge in [-0.1, -0.05) is 6.07 Å². The first-order valence-electron chi connectivity index (χ1n) is 5.84. The lowest BCUT2D eigenvalue weighted by Crippen LogP contribution is -2.17. The third-order valence-electron chi connectivity index (χ3n) is 2.40. The molecule has 0 spiro atoms. The molecule has 0 saturated carbocycles. The van der Waals surface area contributed by atoms with Gasteiger partial charge in [-0.15, -0.1) is 13.2 Å². The monoisotopic (exact) mass is 297 g/mol. The minimum atomic E-state index is -4.77. The number of carbonyl (C=O) groups excluding carboxylic acids is 1. The lowest BCUT2D eigenvalue weighted by Gasteiger charge is -2.10. The fraction of sp³-hybridized carbons (Fsp3) is 0.143. The molecule has 4 nitrogen and oxygen atoms in total. The molecule has 7 heteroatoms. The van der Waals surface area contributed by atoms with Gasteiger partial charge in [0.25, 0.3) is 0 Å². The predicted molar refractivity (Wildman–Crippen MR) is 67.4 cm³/mol. The molecule has 1 aromatic carbocycles. The van der Waals surface area contributed by atoms with E-state index < -0.39 is 12.1 Å². The summed E-state index contributed by atoms with van der Waals surface area (Å²) in [6.07, 6.45) is -3.40. The zero-order valence-corrected chi connectivity index (χ0v) is 10.8. The van der Waals surface area contributed by atoms with E-state index in [-0.39, 0.29) is 17.4 Å². The Morgan fingerprint density at radius 2 is 1.86 bits per heavy atom. The Bertz CT molecular complexity index is 656. The number of hydrogen-bond donors (Lipinski definition) is 0. The second kappa shape index (κ2) is 5.82. The SMILES string of the molecule is CC(=O)c1ccnc(Oc2cccc(OC(F)(F)F)c2)c1. The maximum Gasteiger partial charge on any atom is 0.573 e. The van der Waals surface area contributed by atoms with Crippen LogP contribution in [0.15, 0.2) is 42.6 Å². The quantitative estimate of drug-likeness (QED) is 0.801. The van der Waals surface area contributed by atoms with Crippen LogP contribution in [-0.4, -0.2) is 17.1 Å². The lowest BCUT2D eigenvalue weighted by atomic mass is 10.2. The van der Waals surface area contributed by atoms with Gasteiger partial charge in [0.2, 0.25) is 5.88 Å². The van der Waals surface area contributed by atoms with E-state index in [9.17, 15) is 18.0 Å². The summed E-state index contributed by atoms with van der Waals surface area (Å²) in [4.78, 5) is 15.1. The number of ether oxygens (including phenoxy) is 2. The molecule has 0 aliphatic carbocycles. The minimum absolute atomic E-state index is 0.104. The molecule has 2 rings (SSSR count). The molecule has 1 heterocycles. The topological polar surface area (TPSA) is 48.4 Å². The van der Waals surface area contributed by atoms with Gasteiger partial charge in [0.15, 0.2) is 5.78 Å². The van der Waals surface area contributed by atoms with Crippen LogP contribution in [0.5, 0.6) is 17.4 Å². The normalized spacial score (nSPS) is 11.0. The average Bonchev–Trinajstić information content (AvgIpc) is 2.37. The highest BCUT2D eigenvalue weighted by Gasteiger charge is 2.31. The Labute approximate surface area is 118 Å². The first kappa shape index (κ1) is 14.8. The van der Waals surface area contributed by atoms with E-state index in [1.54, 1.807) is 0 Å². The molecule has 0 amide bonds. The second-order valence-electron chi connectivity index (χ2n) is 4.06. The Balaban J connectivity index is 2.18. The minimum Gasteiger partial charge on any atom is -0.439 e. The lowest BCUT2D eigenvalue weighted by molar-refractivity contribution is -0.274. The standard InChI is InChI=1S/C14H10F3NO3/c1-9(19)10-5-6-18-13(7-10)20-11-3-2-4-12(8-11)21-14(15,16)17/h2-8H,1H3. The van der Waals surface area contributed by atoms with Gasteiger partial charge in [-0.3, -0.25) is 4.79 Å². The first-order valence-corrected chi connectivity index (χ1v) is 5.84. The van der Waals surface area contributed by atoms with Crippen molar-refractivity contribution in [3.8, 4) is 17.4 Å². The number of pyridine rings is 1. The van der Waals surface area contributed by atoms with Crippen LogP contribution in [0.25, 0.3) is 0 Å². The second-order valence-corrected chi connectivity index (χ2v) is 4.06. The summed E-state index contributed by atoms with van der Waals surface area (Å²) in [5.74, 6) is -0.351. The molecule has 110 valence electrons. The van der Waals surface area contributed by atoms with Crippen molar-refractivity contribution in [3.05, 3.63) is 48.2 Å². The van der Waals surface area contributed by atoms with E-state index in [0.29, 0.717) is 5.56 Å². The summed E-state index contributed by atoms with van der Waals surface area (Å²) in [7, 11) is 0. The van der Waals surface area contributed by atoms with Crippen LogP contribution in [0.2, 0.25) is 0 Å². The molecule has 0 aliphatic rings. The van der Waals surface area contributed by atoms with Crippen LogP contribution < -0.4 is 9.47 Å². The van der Waals surface area contributed by atoms with Crippen molar-refractivity contribution in [2.45, 2.75) is 13.3 Å². The Morgan fingerprint density at radius 1 is 1.14 bits per heavy atom. The van der Waals surface area contributed by atoms with Crippen molar-refractivity contribution in [1.29, 1.82) is 0 Å². The van der Waals surface area contributed by atoms with Crippen molar-refractivity contribution < 1.29 is 27.4 Å². The van der Waals surface area contributed by atoms with Crippen molar-refractivity contribution in [3.63, 3.8) is 0 Å². The average molecular weight is 297 g/mol. The van der Waals surface area contributed by atoms with Gasteiger partial charge in [-0.2, -0.15) is 0 Å². The fourth-order valence-electron chi connectivity index (χ4n) is 1.54. The Kier molecular flexibility index (Phi) is 4.11. The van der Waals surface area contributed by atoms with E-state index in [1.165, 1.54) is 37.4 Å². The number of nitrogens with zero attached hydrogens (tertiary/aromatic N) is 1. The molecule has 0 saturated heterocycles. The number of Topliss-reactive ketones (excluding diaryl/α,β-unsaturated/α-hetero) is 1. The van der Waals surface area contributed by atoms with Gasteiger partial charge in [0.1, 0.15) is 11.5 Å². The molecular weight excluding hydrogens is 287 g/mol. The molecule has 2 aromatic rings. The highest BCUT2D eigenvalue weighted by Crippen LogP contribution is 2.28. The molecule has 0 radical (unpaired) electrons. The van der Waals surface area contributed by atoms with Gasteiger partial charge in [-0.05, 0) is 25.1 Å². The smallest absolute Gasteiger partial charge is 0.439 e. The first-order chi connectivity index (χ1) is 9.83. The van der Waals surface area contributed by atoms with Crippen LogP contribution in [0.1, 0.15) is 17.3 Å². The molecule has 0 aliphatic heterocycles. The van der Waals surface area contributed by atoms with E-state index in [2.05, 4.69) is 9.72 Å². The van der Waals surface area contributed by atoms with Crippen LogP contribution in [-0.2, 0) is 0 Å². The summed E-state index contributed by atoms with van der Waals surface area (Å²) < 4.78 is 45.5. The Hall–Kier alpha value is -2.57. The number of aromatic nitrogens is 1. The van der Waals surface area contributed by atoms with E-state index in [1.807, 2.05) is 0 Å². The molecule has 0 N–H and O–H groups in total. The summed E-state index contributed by atoms with van der Waals surface area (Å²) in [6.45, 7) is 1.39. The fourth-order valence-corrected chi connectivity index (χ4v) is 1.54. The van der Waals surface area contributed by atoms with E-state index in [0.717, 1.165) is 12.1 Å². The van der Waals surface area contributed by atoms with E-state index >= 15 is 0 Å². The summed E-state index contributed by atoms with van der Waals surface area (Å²) in [5.41, 5.74) is 0.391. The van der Waals surface area contributed by atoms with Gasteiger partial charge in [0, 0.05) is 23.9 Å². The molecule has 0 fully saturated rings. The third kappa shape index (κ3) is 4.48. The van der Waals surface area contributed by atoms with Crippen molar-refractivity contribution in [2.75, 3.05) is 0 Å². The zero-order valence-electron chi connectivity index (χ0n) is 10.8. The number of rotatable bonds is 4. The van der Waals surface area contributed by atoms with E-state index in [4.69, 9.17) is 4.74 Å². The van der Waals surface area contributed by atoms with Gasteiger partial charge < -0.3 is 9.47 Å². The van der Waals surface area contributed by atoms with Crippen molar-refractivity contribution in [2.24, 2.45) is 0 Å². The number of ketones is 1. The van der Waals surface area contributed by atoms with Crippen LogP contribution in [0, 0.1) is 0 Å². The third-order valence-corrected chi connectivity index (χ3v) is 2.40. The molecule has 21 heavy (non-hydrogen) atoms. The molecule has 0 unspecified atom stereocenters. The number of hydrogen-bond acceptors (Lipinski definition) is 4. The summed E-state index contributed by atoms with van der Waals surface area (Å²) in [6, 6.07) is 7.95. The van der Waals surface area contributed by atoms with Gasteiger partial charge in [0.05, 0.1) is 0 Å². The highest BCUT2D eigenvalue weighted by molar-refractivity contribution is 5.94. The number of alkyl halides is 3. The van der Waals surface area contributed by atoms with Gasteiger partial charge >= 0.3 is 6.36 Å². The highest BCUT2D eigenvalue weighted by atomic mass is 19.4. The molecular formula is C14H10F3NO3. The molecule has 1 aromatic heterocycles. The van der Waals surface area contributed by atoms with Crippen molar-refractivity contribution in [1.82, 2.24) is 4.98 Å². The van der Waals surface area contributed by atoms with Crippen molar-refractivity contribution >= 4 is 5.78 Å². The summed E-state index contributed by atoms with van der Waals surface area (Å²) >= 11 is 0. The molecule has 0 bridgehead atoms. The van der Waals surface area contributed by atoms with Crippen LogP contribution >= 0.6 is 0 Å². The largest absolute Gasteiger partial charge is 0.573 e. The number of halogens is 3. The van der Waals surface area contributed by atoms with Crippen LogP contribution in [0.3, 0.4) is 0 Å². The summed E-state index contributed by atoms with van der Waals surface area (Å²) in [5, 5.41) is 0. The maximum atomic E-state index is 12.1. The number of carbonyl (C=O) groups is 1. The molecule has 0 atom stereocenters. The maximum absolute atomic E-state index is 12.1. The van der Waals surface area contributed by atoms with Crippen LogP contribution in [0.4, 0.5) is 13.2 Å². The zero-order chi connectivity index (χ0) is 15.5. The predicted octanol–water partition coefficient (Wildman–Crippen LogP) is 3.98. The number of benzene rings is 1. The Morgan fingerprint density at radius 3 is 2.52 bits per heavy atom. The van der Waals surface area contributed by atoms with Gasteiger partial charge in [-0.25, -0.2) is 4.98 Å².